The Bertz CT molecular complexity index is 605. The smallest absolute Gasteiger partial charge is 0.195 e. The highest BCUT2D eigenvalue weighted by Gasteiger charge is 2.03. The van der Waals surface area contributed by atoms with Crippen molar-refractivity contribution < 1.29 is 14.0 Å². The molecule has 0 saturated heterocycles. The number of ether oxygens (including phenoxy) is 2. The average molecular weight is 446 g/mol. The van der Waals surface area contributed by atoms with Crippen LogP contribution < -0.4 is 15.4 Å². The molecule has 0 unspecified atom stereocenters. The second-order valence-electron chi connectivity index (χ2n) is 4.76. The highest BCUT2D eigenvalue weighted by molar-refractivity contribution is 14.0. The molecule has 0 aliphatic carbocycles. The van der Waals surface area contributed by atoms with Crippen molar-refractivity contribution in [2.45, 2.75) is 13.0 Å². The summed E-state index contributed by atoms with van der Waals surface area (Å²) < 4.78 is 15.5. The first-order chi connectivity index (χ1) is 11.3. The lowest BCUT2D eigenvalue weighted by Crippen LogP contribution is -2.30. The Morgan fingerprint density at radius 3 is 2.88 bits per heavy atom. The van der Waals surface area contributed by atoms with E-state index in [-0.39, 0.29) is 24.0 Å². The first-order valence-electron chi connectivity index (χ1n) is 7.40. The van der Waals surface area contributed by atoms with Gasteiger partial charge in [0.05, 0.1) is 13.2 Å². The third-order valence-electron chi connectivity index (χ3n) is 3.01. The molecular weight excluding hydrogens is 423 g/mol. The minimum Gasteiger partial charge on any atom is -0.493 e. The summed E-state index contributed by atoms with van der Waals surface area (Å²) in [6.45, 7) is 1.84. The number of rotatable bonds is 8. The van der Waals surface area contributed by atoms with Crippen molar-refractivity contribution >= 4 is 35.6 Å². The Kier molecular flexibility index (Phi) is 9.85. The van der Waals surface area contributed by atoms with E-state index in [4.69, 9.17) is 14.0 Å². The normalized spacial score (nSPS) is 10.8. The van der Waals surface area contributed by atoms with Crippen LogP contribution in [-0.4, -0.2) is 38.5 Å². The molecule has 1 heterocycles. The monoisotopic (exact) mass is 446 g/mol. The van der Waals surface area contributed by atoms with E-state index in [0.717, 1.165) is 23.6 Å². The lowest BCUT2D eigenvalue weighted by molar-refractivity contribution is 0.172. The fourth-order valence-electron chi connectivity index (χ4n) is 1.88. The summed E-state index contributed by atoms with van der Waals surface area (Å²) >= 11 is 0. The van der Waals surface area contributed by atoms with Crippen LogP contribution in [0.15, 0.2) is 46.1 Å². The number of aromatic nitrogens is 1. The van der Waals surface area contributed by atoms with Crippen LogP contribution in [0.1, 0.15) is 12.1 Å². The summed E-state index contributed by atoms with van der Waals surface area (Å²) in [7, 11) is 3.39. The number of benzene rings is 1. The molecule has 132 valence electrons. The van der Waals surface area contributed by atoms with Gasteiger partial charge in [-0.25, -0.2) is 0 Å². The minimum absolute atomic E-state index is 0. The van der Waals surface area contributed by atoms with E-state index in [2.05, 4.69) is 20.8 Å². The number of nitrogens with one attached hydrogen (secondary N) is 2. The van der Waals surface area contributed by atoms with Crippen LogP contribution in [0.3, 0.4) is 0 Å². The van der Waals surface area contributed by atoms with E-state index in [1.165, 1.54) is 6.26 Å². The van der Waals surface area contributed by atoms with Crippen LogP contribution in [0, 0.1) is 0 Å². The predicted octanol–water partition coefficient (Wildman–Crippen LogP) is 2.90. The molecule has 2 rings (SSSR count). The largest absolute Gasteiger partial charge is 0.493 e. The van der Waals surface area contributed by atoms with Crippen LogP contribution in [0.4, 0.5) is 5.69 Å². The van der Waals surface area contributed by atoms with E-state index in [9.17, 15) is 0 Å². The highest BCUT2D eigenvalue weighted by Crippen LogP contribution is 2.17. The molecule has 0 spiro atoms. The van der Waals surface area contributed by atoms with Gasteiger partial charge in [-0.2, -0.15) is 0 Å². The van der Waals surface area contributed by atoms with Crippen molar-refractivity contribution in [2.24, 2.45) is 4.99 Å². The van der Waals surface area contributed by atoms with Gasteiger partial charge in [-0.3, -0.25) is 4.99 Å². The van der Waals surface area contributed by atoms with Gasteiger partial charge < -0.3 is 24.6 Å². The minimum atomic E-state index is 0. The molecule has 0 radical (unpaired) electrons. The van der Waals surface area contributed by atoms with Crippen LogP contribution in [0.25, 0.3) is 0 Å². The zero-order chi connectivity index (χ0) is 16.3. The Balaban J connectivity index is 0.00000288. The molecule has 0 aliphatic heterocycles. The Morgan fingerprint density at radius 1 is 1.29 bits per heavy atom. The fourth-order valence-corrected chi connectivity index (χ4v) is 1.88. The van der Waals surface area contributed by atoms with Crippen LogP contribution in [-0.2, 0) is 11.3 Å². The quantitative estimate of drug-likeness (QED) is 0.281. The molecule has 0 fully saturated rings. The van der Waals surface area contributed by atoms with E-state index >= 15 is 0 Å². The zero-order valence-electron chi connectivity index (χ0n) is 13.8. The van der Waals surface area contributed by atoms with Gasteiger partial charge in [0.25, 0.3) is 0 Å². The number of hydrogen-bond acceptors (Lipinski definition) is 5. The number of hydrogen-bond donors (Lipinski definition) is 2. The molecule has 2 aromatic rings. The third kappa shape index (κ3) is 7.18. The van der Waals surface area contributed by atoms with Gasteiger partial charge in [-0.05, 0) is 12.1 Å². The number of methoxy groups -OCH3 is 1. The van der Waals surface area contributed by atoms with Gasteiger partial charge in [0.15, 0.2) is 5.96 Å². The summed E-state index contributed by atoms with van der Waals surface area (Å²) in [5, 5.41) is 10.2. The van der Waals surface area contributed by atoms with Crippen molar-refractivity contribution in [3.05, 3.63) is 42.3 Å². The maximum Gasteiger partial charge on any atom is 0.195 e. The number of nitrogens with zero attached hydrogens (tertiary/aromatic N) is 2. The number of anilines is 1. The lowest BCUT2D eigenvalue weighted by Gasteiger charge is -2.12. The molecule has 8 heteroatoms. The lowest BCUT2D eigenvalue weighted by atomic mass is 10.3. The standard InChI is InChI=1S/C16H22N4O3.HI/c1-17-16(18-12-14-7-10-23-20-14)19-13-5-3-6-15(11-13)22-9-4-8-21-2;/h3,5-7,10-11H,4,8-9,12H2,1-2H3,(H2,17,18,19);1H. The second kappa shape index (κ2) is 11.7. The highest BCUT2D eigenvalue weighted by atomic mass is 127. The Labute approximate surface area is 158 Å². The Morgan fingerprint density at radius 2 is 2.17 bits per heavy atom. The fraction of sp³-hybridized carbons (Fsp3) is 0.375. The molecule has 0 aliphatic rings. The molecule has 2 N–H and O–H groups in total. The third-order valence-corrected chi connectivity index (χ3v) is 3.01. The maximum atomic E-state index is 5.68. The van der Waals surface area contributed by atoms with Gasteiger partial charge in [-0.15, -0.1) is 24.0 Å². The molecule has 0 saturated carbocycles. The Hall–Kier alpha value is -1.81. The number of aliphatic imine (C=N–C) groups is 1. The second-order valence-corrected chi connectivity index (χ2v) is 4.76. The van der Waals surface area contributed by atoms with Gasteiger partial charge in [0, 0.05) is 45.0 Å². The molecular formula is C16H23IN4O3. The SMILES string of the molecule is CN=C(NCc1ccon1)Nc1cccc(OCCCOC)c1.I. The van der Waals surface area contributed by atoms with Crippen molar-refractivity contribution in [3.8, 4) is 5.75 Å². The first kappa shape index (κ1) is 20.2. The van der Waals surface area contributed by atoms with E-state index in [0.29, 0.717) is 25.7 Å². The van der Waals surface area contributed by atoms with Gasteiger partial charge in [0.2, 0.25) is 0 Å². The molecule has 1 aromatic carbocycles. The molecule has 24 heavy (non-hydrogen) atoms. The van der Waals surface area contributed by atoms with E-state index in [1.54, 1.807) is 20.2 Å². The molecule has 7 nitrogen and oxygen atoms in total. The van der Waals surface area contributed by atoms with Gasteiger partial charge >= 0.3 is 0 Å². The van der Waals surface area contributed by atoms with E-state index < -0.39 is 0 Å². The molecule has 1 aromatic heterocycles. The topological polar surface area (TPSA) is 80.9 Å². The maximum absolute atomic E-state index is 5.68. The van der Waals surface area contributed by atoms with Gasteiger partial charge in [0.1, 0.15) is 17.7 Å². The number of guanidine groups is 1. The molecule has 0 bridgehead atoms. The summed E-state index contributed by atoms with van der Waals surface area (Å²) in [5.41, 5.74) is 1.70. The average Bonchev–Trinajstić information content (AvgIpc) is 3.09. The predicted molar refractivity (Wildman–Crippen MR) is 104 cm³/mol. The summed E-state index contributed by atoms with van der Waals surface area (Å²) in [6.07, 6.45) is 2.40. The summed E-state index contributed by atoms with van der Waals surface area (Å²) in [5.74, 6) is 1.45. The zero-order valence-corrected chi connectivity index (χ0v) is 16.2. The molecule has 0 atom stereocenters. The van der Waals surface area contributed by atoms with Crippen LogP contribution in [0.5, 0.6) is 5.75 Å². The van der Waals surface area contributed by atoms with Crippen molar-refractivity contribution in [1.29, 1.82) is 0 Å². The first-order valence-corrected chi connectivity index (χ1v) is 7.40. The van der Waals surface area contributed by atoms with Crippen molar-refractivity contribution in [1.82, 2.24) is 10.5 Å². The van der Waals surface area contributed by atoms with E-state index in [1.807, 2.05) is 24.3 Å². The van der Waals surface area contributed by atoms with Crippen molar-refractivity contribution in [3.63, 3.8) is 0 Å². The molecule has 0 amide bonds. The van der Waals surface area contributed by atoms with Crippen molar-refractivity contribution in [2.75, 3.05) is 32.7 Å². The van der Waals surface area contributed by atoms with Crippen LogP contribution in [0.2, 0.25) is 0 Å². The van der Waals surface area contributed by atoms with Gasteiger partial charge in [-0.1, -0.05) is 11.2 Å². The number of halogens is 1. The summed E-state index contributed by atoms with van der Waals surface area (Å²) in [4.78, 5) is 4.18. The summed E-state index contributed by atoms with van der Waals surface area (Å²) in [6, 6.07) is 9.53. The van der Waals surface area contributed by atoms with Crippen LogP contribution >= 0.6 is 24.0 Å².